The number of aliphatic hydroxyl groups is 1. The first kappa shape index (κ1) is 39.1. The third-order valence-electron chi connectivity index (χ3n) is 9.42. The fourth-order valence-electron chi connectivity index (χ4n) is 6.44. The summed E-state index contributed by atoms with van der Waals surface area (Å²) in [6.45, 7) is 7.76. The first-order chi connectivity index (χ1) is 25.4. The highest BCUT2D eigenvalue weighted by atomic mass is 32.2. The molecule has 0 fully saturated rings. The van der Waals surface area contributed by atoms with E-state index in [0.717, 1.165) is 22.0 Å². The molecule has 0 aliphatic rings. The molecule has 53 heavy (non-hydrogen) atoms. The molecule has 5 rings (SSSR count). The lowest BCUT2D eigenvalue weighted by molar-refractivity contribution is -0.127. The van der Waals surface area contributed by atoms with Gasteiger partial charge in [0.1, 0.15) is 6.04 Å². The fraction of sp³-hybridized carbons (Fsp3) is 0.350. The van der Waals surface area contributed by atoms with E-state index in [0.29, 0.717) is 18.5 Å². The Morgan fingerprint density at radius 1 is 0.962 bits per heavy atom. The van der Waals surface area contributed by atoms with Crippen LogP contribution in [0.25, 0.3) is 10.9 Å². The Balaban J connectivity index is 1.42. The molecule has 0 unspecified atom stereocenters. The summed E-state index contributed by atoms with van der Waals surface area (Å²) < 4.78 is 32.1. The number of pyridine rings is 1. The van der Waals surface area contributed by atoms with Crippen LogP contribution in [0.3, 0.4) is 0 Å². The van der Waals surface area contributed by atoms with Gasteiger partial charge in [-0.3, -0.25) is 18.9 Å². The summed E-state index contributed by atoms with van der Waals surface area (Å²) in [4.78, 5) is 32.6. The first-order valence-electron chi connectivity index (χ1n) is 17.8. The minimum absolute atomic E-state index is 0.0187. The predicted octanol–water partition coefficient (Wildman–Crippen LogP) is 5.08. The number of aliphatic hydroxyl groups excluding tert-OH is 1. The molecule has 12 nitrogen and oxygen atoms in total. The van der Waals surface area contributed by atoms with Crippen LogP contribution in [-0.4, -0.2) is 74.5 Å². The van der Waals surface area contributed by atoms with E-state index in [4.69, 9.17) is 5.21 Å². The number of aromatic nitrogens is 3. The highest BCUT2D eigenvalue weighted by molar-refractivity contribution is 7.89. The van der Waals surface area contributed by atoms with Gasteiger partial charge in [-0.15, -0.1) is 0 Å². The van der Waals surface area contributed by atoms with Crippen LogP contribution in [0.5, 0.6) is 0 Å². The highest BCUT2D eigenvalue weighted by Gasteiger charge is 2.34. The van der Waals surface area contributed by atoms with Crippen molar-refractivity contribution < 1.29 is 23.5 Å². The molecular weight excluding hydrogens is 693 g/mol. The number of rotatable bonds is 17. The van der Waals surface area contributed by atoms with Crippen molar-refractivity contribution in [2.45, 2.75) is 70.2 Å². The van der Waals surface area contributed by atoms with Gasteiger partial charge >= 0.3 is 5.69 Å². The van der Waals surface area contributed by atoms with Crippen molar-refractivity contribution in [1.29, 1.82) is 0 Å². The number of nitrogens with zero attached hydrogens (tertiary/aromatic N) is 5. The minimum atomic E-state index is -4.07. The summed E-state index contributed by atoms with van der Waals surface area (Å²) in [7, 11) is -4.07. The van der Waals surface area contributed by atoms with Crippen molar-refractivity contribution >= 4 is 33.0 Å². The number of sulfonamides is 1. The first-order valence-corrected chi connectivity index (χ1v) is 19.3. The Morgan fingerprint density at radius 2 is 1.70 bits per heavy atom. The van der Waals surface area contributed by atoms with Gasteiger partial charge in [0.25, 0.3) is 0 Å². The highest BCUT2D eigenvalue weighted by Crippen LogP contribution is 2.23. The van der Waals surface area contributed by atoms with Gasteiger partial charge in [-0.1, -0.05) is 93.9 Å². The zero-order valence-electron chi connectivity index (χ0n) is 30.5. The van der Waals surface area contributed by atoms with Crippen molar-refractivity contribution in [3.05, 3.63) is 131 Å². The summed E-state index contributed by atoms with van der Waals surface area (Å²) in [5.41, 5.74) is 2.78. The lowest BCUT2D eigenvalue weighted by Gasteiger charge is -2.32. The number of amides is 1. The summed E-state index contributed by atoms with van der Waals surface area (Å²) >= 11 is 0. The van der Waals surface area contributed by atoms with Crippen LogP contribution < -0.4 is 11.0 Å². The lowest BCUT2D eigenvalue weighted by Crippen LogP contribution is -2.53. The molecule has 3 N–H and O–H groups in total. The lowest BCUT2D eigenvalue weighted by atomic mass is 9.96. The smallest absolute Gasteiger partial charge is 0.329 e. The van der Waals surface area contributed by atoms with E-state index in [1.165, 1.54) is 39.4 Å². The van der Waals surface area contributed by atoms with E-state index in [-0.39, 0.29) is 41.9 Å². The quantitative estimate of drug-likeness (QED) is 0.0682. The topological polar surface area (TPSA) is 159 Å². The molecule has 0 aliphatic heterocycles. The Bertz CT molecular complexity index is 2170. The van der Waals surface area contributed by atoms with Gasteiger partial charge in [-0.05, 0) is 65.3 Å². The summed E-state index contributed by atoms with van der Waals surface area (Å²) in [5, 5.41) is 27.7. The SMILES string of the molecule is CC[C@H](C)[C@@H](C(=O)N[C@@H](Cc1ccccc1)[C@H](O)CN(CC(C)C)S(=O)(=O)c1ccc(/C=N/O)cc1)n1ccn(Cc2ccc3ncccc3c2)c1=O. The van der Waals surface area contributed by atoms with Crippen molar-refractivity contribution in [3.8, 4) is 0 Å². The molecule has 0 aliphatic carbocycles. The monoisotopic (exact) mass is 740 g/mol. The second-order valence-electron chi connectivity index (χ2n) is 13.9. The molecule has 2 aromatic heterocycles. The van der Waals surface area contributed by atoms with Crippen molar-refractivity contribution in [2.75, 3.05) is 13.1 Å². The fourth-order valence-corrected chi connectivity index (χ4v) is 8.06. The number of carbonyl (C=O) groups is 1. The Labute approximate surface area is 310 Å². The average molecular weight is 741 g/mol. The molecule has 0 radical (unpaired) electrons. The predicted molar refractivity (Wildman–Crippen MR) is 206 cm³/mol. The number of nitrogens with one attached hydrogen (secondary N) is 1. The van der Waals surface area contributed by atoms with Crippen molar-refractivity contribution in [3.63, 3.8) is 0 Å². The number of carbonyl (C=O) groups excluding carboxylic acids is 1. The van der Waals surface area contributed by atoms with Gasteiger partial charge < -0.3 is 15.6 Å². The van der Waals surface area contributed by atoms with Crippen LogP contribution in [0.4, 0.5) is 0 Å². The van der Waals surface area contributed by atoms with Gasteiger partial charge in [0, 0.05) is 37.1 Å². The number of hydrogen-bond acceptors (Lipinski definition) is 8. The zero-order valence-corrected chi connectivity index (χ0v) is 31.3. The van der Waals surface area contributed by atoms with E-state index >= 15 is 0 Å². The molecule has 5 aromatic rings. The Morgan fingerprint density at radius 3 is 2.38 bits per heavy atom. The van der Waals surface area contributed by atoms with E-state index in [1.54, 1.807) is 23.2 Å². The van der Waals surface area contributed by atoms with Crippen LogP contribution in [0.15, 0.2) is 118 Å². The summed E-state index contributed by atoms with van der Waals surface area (Å²) in [5.74, 6) is -0.770. The second kappa shape index (κ2) is 17.6. The normalized spacial score (nSPS) is 14.5. The molecule has 280 valence electrons. The molecular formula is C40H48N6O6S. The van der Waals surface area contributed by atoms with Gasteiger partial charge in [-0.25, -0.2) is 13.2 Å². The van der Waals surface area contributed by atoms with Crippen LogP contribution >= 0.6 is 0 Å². The van der Waals surface area contributed by atoms with Gasteiger partial charge in [0.15, 0.2) is 0 Å². The molecule has 0 bridgehead atoms. The van der Waals surface area contributed by atoms with E-state index in [1.807, 2.05) is 88.4 Å². The molecule has 0 saturated carbocycles. The molecule has 4 atom stereocenters. The molecule has 0 saturated heterocycles. The van der Waals surface area contributed by atoms with Gasteiger partial charge in [-0.2, -0.15) is 4.31 Å². The molecule has 1 amide bonds. The van der Waals surface area contributed by atoms with E-state index < -0.39 is 34.1 Å². The summed E-state index contributed by atoms with van der Waals surface area (Å²) in [6.07, 6.45) is 5.74. The summed E-state index contributed by atoms with van der Waals surface area (Å²) in [6, 6.07) is 23.1. The van der Waals surface area contributed by atoms with E-state index in [9.17, 15) is 23.1 Å². The standard InChI is InChI=1S/C40H48N6O6S/c1-5-29(4)38(46-21-20-44(40(46)49)26-32-15-18-35-33(22-32)12-9-19-41-35)39(48)43-36(23-30-10-7-6-8-11-30)37(47)27-45(25-28(2)3)53(51,52)34-16-13-31(14-17-34)24-42-50/h6-22,24,28-29,36-38,47,50H,5,23,25-27H2,1-4H3,(H,43,48)/b42-24+/t29-,36-,37+,38-/m0/s1. The number of benzene rings is 3. The number of imidazole rings is 1. The molecule has 0 spiro atoms. The van der Waals surface area contributed by atoms with Gasteiger partial charge in [0.05, 0.1) is 35.3 Å². The maximum Gasteiger partial charge on any atom is 0.329 e. The zero-order chi connectivity index (χ0) is 38.1. The van der Waals surface area contributed by atoms with Gasteiger partial charge in [0.2, 0.25) is 15.9 Å². The van der Waals surface area contributed by atoms with Crippen LogP contribution in [-0.2, 0) is 27.8 Å². The third-order valence-corrected chi connectivity index (χ3v) is 11.3. The number of hydrogen-bond donors (Lipinski definition) is 3. The maximum atomic E-state index is 14.3. The van der Waals surface area contributed by atoms with E-state index in [2.05, 4.69) is 15.5 Å². The van der Waals surface area contributed by atoms with Crippen molar-refractivity contribution in [2.24, 2.45) is 17.0 Å². The average Bonchev–Trinajstić information content (AvgIpc) is 3.49. The maximum absolute atomic E-state index is 14.3. The Kier molecular flexibility index (Phi) is 13.0. The minimum Gasteiger partial charge on any atom is -0.411 e. The second-order valence-corrected chi connectivity index (χ2v) is 15.8. The molecule has 13 heteroatoms. The van der Waals surface area contributed by atoms with Crippen LogP contribution in [0.1, 0.15) is 56.8 Å². The number of oxime groups is 1. The molecule has 3 aromatic carbocycles. The van der Waals surface area contributed by atoms with Crippen LogP contribution in [0, 0.1) is 11.8 Å². The molecule has 2 heterocycles. The number of fused-ring (bicyclic) bond motifs is 1. The third kappa shape index (κ3) is 9.66. The Hall–Kier alpha value is -5.11. The van der Waals surface area contributed by atoms with Crippen molar-refractivity contribution in [1.82, 2.24) is 23.7 Å². The van der Waals surface area contributed by atoms with Crippen LogP contribution in [0.2, 0.25) is 0 Å². The largest absolute Gasteiger partial charge is 0.411 e.